The van der Waals surface area contributed by atoms with Crippen LogP contribution < -0.4 is 10.2 Å². The highest BCUT2D eigenvalue weighted by Gasteiger charge is 2.09. The Balaban J connectivity index is 1.68. The van der Waals surface area contributed by atoms with Gasteiger partial charge in [0.15, 0.2) is 0 Å². The van der Waals surface area contributed by atoms with E-state index in [2.05, 4.69) is 34.2 Å². The third-order valence-electron chi connectivity index (χ3n) is 4.88. The summed E-state index contributed by atoms with van der Waals surface area (Å²) in [4.78, 5) is 12.5. The van der Waals surface area contributed by atoms with Gasteiger partial charge in [-0.3, -0.25) is 4.79 Å². The van der Waals surface area contributed by atoms with Crippen molar-refractivity contribution in [1.82, 2.24) is 9.99 Å². The second kappa shape index (κ2) is 9.63. The number of benzene rings is 2. The first-order valence-electron chi connectivity index (χ1n) is 9.94. The summed E-state index contributed by atoms with van der Waals surface area (Å²) in [7, 11) is 0. The molecule has 156 valence electrons. The largest absolute Gasteiger partial charge is 0.489 e. The highest BCUT2D eigenvalue weighted by Crippen LogP contribution is 2.26. The summed E-state index contributed by atoms with van der Waals surface area (Å²) in [6.45, 7) is 8.12. The van der Waals surface area contributed by atoms with Crippen LogP contribution in [0.1, 0.15) is 47.6 Å². The van der Waals surface area contributed by atoms with Gasteiger partial charge in [0.25, 0.3) is 5.91 Å². The van der Waals surface area contributed by atoms with E-state index >= 15 is 0 Å². The zero-order chi connectivity index (χ0) is 21.7. The van der Waals surface area contributed by atoms with Crippen molar-refractivity contribution in [1.29, 1.82) is 0 Å². The summed E-state index contributed by atoms with van der Waals surface area (Å²) in [6, 6.07) is 17.0. The number of aromatic nitrogens is 1. The van der Waals surface area contributed by atoms with Crippen molar-refractivity contribution in [2.45, 2.75) is 40.2 Å². The van der Waals surface area contributed by atoms with Crippen molar-refractivity contribution in [3.8, 4) is 11.4 Å². The number of nitrogens with zero attached hydrogens (tertiary/aromatic N) is 2. The number of nitrogens with one attached hydrogen (secondary N) is 1. The molecule has 1 aromatic heterocycles. The minimum atomic E-state index is -0.279. The van der Waals surface area contributed by atoms with Crippen LogP contribution in [0.3, 0.4) is 0 Å². The van der Waals surface area contributed by atoms with Gasteiger partial charge < -0.3 is 9.30 Å². The minimum absolute atomic E-state index is 0.0937. The lowest BCUT2D eigenvalue weighted by Crippen LogP contribution is -2.18. The third-order valence-corrected chi connectivity index (χ3v) is 5.17. The SMILES string of the molecule is CC[C@@H](C)Oc1ccc(/C=N\NC(=O)c2cccc(-n3c(C)ccc3C)c2)cc1Cl. The van der Waals surface area contributed by atoms with Crippen LogP contribution in [-0.4, -0.2) is 22.8 Å². The topological polar surface area (TPSA) is 55.6 Å². The first kappa shape index (κ1) is 21.7. The van der Waals surface area contributed by atoms with E-state index in [0.717, 1.165) is 29.1 Å². The molecule has 0 bridgehead atoms. The van der Waals surface area contributed by atoms with E-state index in [0.29, 0.717) is 16.3 Å². The number of aryl methyl sites for hydroxylation is 2. The molecule has 0 aliphatic carbocycles. The maximum absolute atomic E-state index is 12.5. The summed E-state index contributed by atoms with van der Waals surface area (Å²) in [6.07, 6.45) is 2.55. The lowest BCUT2D eigenvalue weighted by atomic mass is 10.2. The Labute approximate surface area is 182 Å². The molecule has 0 radical (unpaired) electrons. The van der Waals surface area contributed by atoms with E-state index in [9.17, 15) is 4.79 Å². The lowest BCUT2D eigenvalue weighted by Gasteiger charge is -2.13. The first-order valence-corrected chi connectivity index (χ1v) is 10.3. The molecule has 0 spiro atoms. The van der Waals surface area contributed by atoms with Gasteiger partial charge in [0.2, 0.25) is 0 Å². The van der Waals surface area contributed by atoms with Gasteiger partial charge in [0, 0.05) is 22.6 Å². The normalized spacial score (nSPS) is 12.2. The zero-order valence-electron chi connectivity index (χ0n) is 17.6. The van der Waals surface area contributed by atoms with Gasteiger partial charge in [-0.05, 0) is 81.3 Å². The zero-order valence-corrected chi connectivity index (χ0v) is 18.4. The van der Waals surface area contributed by atoms with Gasteiger partial charge in [-0.25, -0.2) is 5.43 Å². The number of ether oxygens (including phenoxy) is 1. The maximum atomic E-state index is 12.5. The van der Waals surface area contributed by atoms with Crippen molar-refractivity contribution >= 4 is 23.7 Å². The molecule has 1 amide bonds. The van der Waals surface area contributed by atoms with Crippen molar-refractivity contribution < 1.29 is 9.53 Å². The van der Waals surface area contributed by atoms with Crippen LogP contribution in [0.4, 0.5) is 0 Å². The Morgan fingerprint density at radius 3 is 2.57 bits per heavy atom. The fraction of sp³-hybridized carbons (Fsp3) is 0.250. The van der Waals surface area contributed by atoms with Crippen LogP contribution in [0, 0.1) is 13.8 Å². The van der Waals surface area contributed by atoms with E-state index in [1.165, 1.54) is 0 Å². The highest BCUT2D eigenvalue weighted by atomic mass is 35.5. The fourth-order valence-corrected chi connectivity index (χ4v) is 3.32. The van der Waals surface area contributed by atoms with Crippen LogP contribution >= 0.6 is 11.6 Å². The summed E-state index contributed by atoms with van der Waals surface area (Å²) in [5, 5.41) is 4.57. The molecule has 1 heterocycles. The molecule has 3 rings (SSSR count). The third kappa shape index (κ3) is 5.10. The number of rotatable bonds is 7. The van der Waals surface area contributed by atoms with Crippen molar-refractivity contribution in [2.75, 3.05) is 0 Å². The standard InChI is InChI=1S/C24H26ClN3O2/c1-5-18(4)30-23-12-11-19(13-22(23)25)15-26-27-24(29)20-7-6-8-21(14-20)28-16(2)9-10-17(28)3/h6-15,18H,5H2,1-4H3,(H,27,29)/b26-15-/t18-/m1/s1. The lowest BCUT2D eigenvalue weighted by molar-refractivity contribution is 0.0955. The Hall–Kier alpha value is -3.05. The van der Waals surface area contributed by atoms with Crippen LogP contribution in [-0.2, 0) is 0 Å². The van der Waals surface area contributed by atoms with Gasteiger partial charge in [0.1, 0.15) is 5.75 Å². The number of hydrazone groups is 1. The van der Waals surface area contributed by atoms with Crippen molar-refractivity contribution in [3.05, 3.63) is 82.1 Å². The van der Waals surface area contributed by atoms with E-state index in [4.69, 9.17) is 16.3 Å². The van der Waals surface area contributed by atoms with E-state index < -0.39 is 0 Å². The van der Waals surface area contributed by atoms with Crippen molar-refractivity contribution in [3.63, 3.8) is 0 Å². The second-order valence-electron chi connectivity index (χ2n) is 7.23. The van der Waals surface area contributed by atoms with Gasteiger partial charge in [-0.15, -0.1) is 0 Å². The Kier molecular flexibility index (Phi) is 6.95. The number of amides is 1. The average Bonchev–Trinajstić information content (AvgIpc) is 3.07. The van der Waals surface area contributed by atoms with Crippen molar-refractivity contribution in [2.24, 2.45) is 5.10 Å². The number of hydrogen-bond acceptors (Lipinski definition) is 3. The van der Waals surface area contributed by atoms with Gasteiger partial charge >= 0.3 is 0 Å². The molecular weight excluding hydrogens is 398 g/mol. The summed E-state index contributed by atoms with van der Waals surface area (Å²) in [5.41, 5.74) is 7.04. The minimum Gasteiger partial charge on any atom is -0.489 e. The predicted molar refractivity (Wildman–Crippen MR) is 122 cm³/mol. The molecule has 0 saturated carbocycles. The molecule has 0 saturated heterocycles. The van der Waals surface area contributed by atoms with Crippen LogP contribution in [0.5, 0.6) is 5.75 Å². The number of halogens is 1. The Morgan fingerprint density at radius 1 is 1.17 bits per heavy atom. The second-order valence-corrected chi connectivity index (χ2v) is 7.63. The van der Waals surface area contributed by atoms with Gasteiger partial charge in [-0.2, -0.15) is 5.10 Å². The monoisotopic (exact) mass is 423 g/mol. The van der Waals surface area contributed by atoms with E-state index in [1.807, 2.05) is 51.1 Å². The smallest absolute Gasteiger partial charge is 0.271 e. The van der Waals surface area contributed by atoms with E-state index in [1.54, 1.807) is 18.3 Å². The molecule has 0 unspecified atom stereocenters. The predicted octanol–water partition coefficient (Wildman–Crippen LogP) is 5.69. The molecule has 1 N–H and O–H groups in total. The molecule has 2 aromatic carbocycles. The fourth-order valence-electron chi connectivity index (χ4n) is 3.08. The molecule has 0 aliphatic heterocycles. The molecule has 30 heavy (non-hydrogen) atoms. The summed E-state index contributed by atoms with van der Waals surface area (Å²) >= 11 is 6.28. The number of carbonyl (C=O) groups is 1. The Morgan fingerprint density at radius 2 is 1.90 bits per heavy atom. The van der Waals surface area contributed by atoms with Crippen LogP contribution in [0.2, 0.25) is 5.02 Å². The van der Waals surface area contributed by atoms with Gasteiger partial charge in [0.05, 0.1) is 17.3 Å². The molecule has 6 heteroatoms. The Bertz CT molecular complexity index is 1050. The number of hydrogen-bond donors (Lipinski definition) is 1. The molecule has 0 aliphatic rings. The highest BCUT2D eigenvalue weighted by molar-refractivity contribution is 6.32. The average molecular weight is 424 g/mol. The number of carbonyl (C=O) groups excluding carboxylic acids is 1. The molecule has 0 fully saturated rings. The first-order chi connectivity index (χ1) is 14.4. The summed E-state index contributed by atoms with van der Waals surface area (Å²) < 4.78 is 7.86. The van der Waals surface area contributed by atoms with Crippen LogP contribution in [0.25, 0.3) is 5.69 Å². The summed E-state index contributed by atoms with van der Waals surface area (Å²) in [5.74, 6) is 0.359. The van der Waals surface area contributed by atoms with Crippen LogP contribution in [0.15, 0.2) is 59.7 Å². The van der Waals surface area contributed by atoms with E-state index in [-0.39, 0.29) is 12.0 Å². The molecular formula is C24H26ClN3O2. The molecule has 1 atom stereocenters. The molecule has 3 aromatic rings. The molecule has 5 nitrogen and oxygen atoms in total. The maximum Gasteiger partial charge on any atom is 0.271 e. The van der Waals surface area contributed by atoms with Gasteiger partial charge in [-0.1, -0.05) is 24.6 Å². The quantitative estimate of drug-likeness (QED) is 0.392.